The fourth-order valence-electron chi connectivity index (χ4n) is 1.36. The summed E-state index contributed by atoms with van der Waals surface area (Å²) in [5.41, 5.74) is 0. The summed E-state index contributed by atoms with van der Waals surface area (Å²) in [6, 6.07) is 4.92. The van der Waals surface area contributed by atoms with Crippen molar-refractivity contribution in [3.63, 3.8) is 0 Å². The smallest absolute Gasteiger partial charge is 0.226 e. The second-order valence-corrected chi connectivity index (χ2v) is 3.87. The molecule has 0 aliphatic heterocycles. The molecule has 0 aromatic carbocycles. The zero-order valence-electron chi connectivity index (χ0n) is 8.87. The number of amides is 1. The summed E-state index contributed by atoms with van der Waals surface area (Å²) in [6.45, 7) is 0.659. The Balaban J connectivity index is 1.73. The Bertz CT molecular complexity index is 379. The molecule has 1 aromatic heterocycles. The molecule has 0 bridgehead atoms. The van der Waals surface area contributed by atoms with E-state index in [2.05, 4.69) is 15.6 Å². The molecular weight excluding hydrogens is 209 g/mol. The molecule has 1 amide bonds. The molecule has 0 radical (unpaired) electrons. The maximum atomic E-state index is 12.7. The zero-order chi connectivity index (χ0) is 11.4. The van der Waals surface area contributed by atoms with Crippen LogP contribution in [0.5, 0.6) is 0 Å². The van der Waals surface area contributed by atoms with Gasteiger partial charge in [-0.2, -0.15) is 4.39 Å². The predicted molar refractivity (Wildman–Crippen MR) is 58.5 cm³/mol. The highest BCUT2D eigenvalue weighted by molar-refractivity contribution is 5.89. The highest BCUT2D eigenvalue weighted by Crippen LogP contribution is 2.18. The Kier molecular flexibility index (Phi) is 3.46. The van der Waals surface area contributed by atoms with Crippen LogP contribution in [-0.4, -0.2) is 23.5 Å². The van der Waals surface area contributed by atoms with Crippen LogP contribution < -0.4 is 10.6 Å². The highest BCUT2D eigenvalue weighted by Gasteiger charge is 2.20. The van der Waals surface area contributed by atoms with Crippen LogP contribution in [0, 0.1) is 5.95 Å². The maximum Gasteiger partial charge on any atom is 0.226 e. The lowest BCUT2D eigenvalue weighted by Crippen LogP contribution is -2.23. The van der Waals surface area contributed by atoms with Crippen molar-refractivity contribution in [2.75, 3.05) is 11.9 Å². The Morgan fingerprint density at radius 3 is 3.00 bits per heavy atom. The largest absolute Gasteiger partial charge is 0.313 e. The second kappa shape index (κ2) is 5.03. The minimum absolute atomic E-state index is 0.147. The van der Waals surface area contributed by atoms with Crippen LogP contribution in [0.2, 0.25) is 0 Å². The first-order chi connectivity index (χ1) is 7.74. The van der Waals surface area contributed by atoms with E-state index >= 15 is 0 Å². The predicted octanol–water partition coefficient (Wildman–Crippen LogP) is 1.30. The summed E-state index contributed by atoms with van der Waals surface area (Å²) in [6.07, 6.45) is 2.79. The molecule has 86 valence electrons. The van der Waals surface area contributed by atoms with Crippen LogP contribution in [0.25, 0.3) is 0 Å². The van der Waals surface area contributed by atoms with Crippen molar-refractivity contribution in [2.45, 2.75) is 25.3 Å². The maximum absolute atomic E-state index is 12.7. The summed E-state index contributed by atoms with van der Waals surface area (Å²) in [4.78, 5) is 15.0. The van der Waals surface area contributed by atoms with E-state index in [0.717, 1.165) is 0 Å². The van der Waals surface area contributed by atoms with E-state index in [9.17, 15) is 9.18 Å². The number of nitrogens with zero attached hydrogens (tertiary/aromatic N) is 1. The van der Waals surface area contributed by atoms with Gasteiger partial charge in [0.05, 0.1) is 0 Å². The van der Waals surface area contributed by atoms with Crippen molar-refractivity contribution in [1.82, 2.24) is 10.3 Å². The van der Waals surface area contributed by atoms with E-state index in [0.29, 0.717) is 19.0 Å². The van der Waals surface area contributed by atoms with Crippen LogP contribution >= 0.6 is 0 Å². The van der Waals surface area contributed by atoms with E-state index in [-0.39, 0.29) is 11.7 Å². The van der Waals surface area contributed by atoms with Gasteiger partial charge in [0.25, 0.3) is 0 Å². The highest BCUT2D eigenvalue weighted by atomic mass is 19.1. The van der Waals surface area contributed by atoms with Gasteiger partial charge in [-0.1, -0.05) is 6.07 Å². The van der Waals surface area contributed by atoms with Crippen molar-refractivity contribution in [3.05, 3.63) is 24.1 Å². The SMILES string of the molecule is O=C(CCNC1CC1)Nc1cccc(F)n1. The van der Waals surface area contributed by atoms with Crippen molar-refractivity contribution >= 4 is 11.7 Å². The minimum atomic E-state index is -0.589. The number of carbonyl (C=O) groups is 1. The van der Waals surface area contributed by atoms with Crippen molar-refractivity contribution in [2.24, 2.45) is 0 Å². The molecule has 1 aliphatic carbocycles. The van der Waals surface area contributed by atoms with Gasteiger partial charge in [0.2, 0.25) is 11.9 Å². The van der Waals surface area contributed by atoms with Crippen molar-refractivity contribution in [3.8, 4) is 0 Å². The Hall–Kier alpha value is -1.49. The number of hydrogen-bond donors (Lipinski definition) is 2. The van der Waals surface area contributed by atoms with E-state index < -0.39 is 5.95 Å². The van der Waals surface area contributed by atoms with Crippen molar-refractivity contribution in [1.29, 1.82) is 0 Å². The number of rotatable bonds is 5. The number of halogens is 1. The molecule has 1 heterocycles. The van der Waals surface area contributed by atoms with Crippen molar-refractivity contribution < 1.29 is 9.18 Å². The molecule has 0 saturated heterocycles. The van der Waals surface area contributed by atoms with E-state index in [4.69, 9.17) is 0 Å². The Morgan fingerprint density at radius 2 is 2.31 bits per heavy atom. The molecule has 1 fully saturated rings. The summed E-state index contributed by atoms with van der Waals surface area (Å²) >= 11 is 0. The summed E-state index contributed by atoms with van der Waals surface area (Å²) in [7, 11) is 0. The van der Waals surface area contributed by atoms with Gasteiger partial charge in [-0.05, 0) is 25.0 Å². The topological polar surface area (TPSA) is 54.0 Å². The summed E-state index contributed by atoms with van der Waals surface area (Å²) in [5.74, 6) is -0.475. The summed E-state index contributed by atoms with van der Waals surface area (Å²) in [5, 5.41) is 5.78. The first-order valence-corrected chi connectivity index (χ1v) is 5.40. The number of nitrogens with one attached hydrogen (secondary N) is 2. The van der Waals surface area contributed by atoms with E-state index in [1.807, 2.05) is 0 Å². The van der Waals surface area contributed by atoms with Gasteiger partial charge in [0.1, 0.15) is 5.82 Å². The lowest BCUT2D eigenvalue weighted by Gasteiger charge is -2.04. The van der Waals surface area contributed by atoms with E-state index in [1.165, 1.54) is 25.0 Å². The normalized spacial score (nSPS) is 14.8. The molecule has 4 nitrogen and oxygen atoms in total. The lowest BCUT2D eigenvalue weighted by molar-refractivity contribution is -0.116. The fourth-order valence-corrected chi connectivity index (χ4v) is 1.36. The van der Waals surface area contributed by atoms with Crippen LogP contribution in [0.15, 0.2) is 18.2 Å². The molecule has 0 atom stereocenters. The first-order valence-electron chi connectivity index (χ1n) is 5.40. The van der Waals surface area contributed by atoms with Gasteiger partial charge in [-0.15, -0.1) is 0 Å². The first kappa shape index (κ1) is 11.0. The molecule has 1 aromatic rings. The number of anilines is 1. The quantitative estimate of drug-likeness (QED) is 0.740. The molecule has 16 heavy (non-hydrogen) atoms. The van der Waals surface area contributed by atoms with Crippen LogP contribution in [0.4, 0.5) is 10.2 Å². The molecule has 1 saturated carbocycles. The number of aromatic nitrogens is 1. The number of carbonyl (C=O) groups excluding carboxylic acids is 1. The van der Waals surface area contributed by atoms with Crippen LogP contribution in [-0.2, 0) is 4.79 Å². The lowest BCUT2D eigenvalue weighted by atomic mass is 10.3. The third-order valence-electron chi connectivity index (χ3n) is 2.35. The van der Waals surface area contributed by atoms with Crippen LogP contribution in [0.1, 0.15) is 19.3 Å². The third kappa shape index (κ3) is 3.58. The van der Waals surface area contributed by atoms with Gasteiger partial charge < -0.3 is 10.6 Å². The Morgan fingerprint density at radius 1 is 1.50 bits per heavy atom. The monoisotopic (exact) mass is 223 g/mol. The standard InChI is InChI=1S/C11H14FN3O/c12-9-2-1-3-10(14-9)15-11(16)6-7-13-8-4-5-8/h1-3,8,13H,4-7H2,(H,14,15,16). The van der Waals surface area contributed by atoms with Gasteiger partial charge in [0, 0.05) is 19.0 Å². The van der Waals surface area contributed by atoms with Crippen LogP contribution in [0.3, 0.4) is 0 Å². The van der Waals surface area contributed by atoms with Gasteiger partial charge >= 0.3 is 0 Å². The summed E-state index contributed by atoms with van der Waals surface area (Å²) < 4.78 is 12.7. The van der Waals surface area contributed by atoms with Gasteiger partial charge in [-0.3, -0.25) is 4.79 Å². The number of hydrogen-bond acceptors (Lipinski definition) is 3. The van der Waals surface area contributed by atoms with Gasteiger partial charge in [-0.25, -0.2) is 4.98 Å². The molecule has 2 N–H and O–H groups in total. The average Bonchev–Trinajstić information content (AvgIpc) is 3.01. The van der Waals surface area contributed by atoms with Gasteiger partial charge in [0.15, 0.2) is 0 Å². The molecule has 0 spiro atoms. The zero-order valence-corrected chi connectivity index (χ0v) is 8.87. The molecular formula is C11H14FN3O. The minimum Gasteiger partial charge on any atom is -0.313 e. The Labute approximate surface area is 93.3 Å². The molecule has 0 unspecified atom stereocenters. The molecule has 5 heteroatoms. The fraction of sp³-hybridized carbons (Fsp3) is 0.455. The van der Waals surface area contributed by atoms with E-state index in [1.54, 1.807) is 6.07 Å². The number of pyridine rings is 1. The average molecular weight is 223 g/mol. The molecule has 2 rings (SSSR count). The second-order valence-electron chi connectivity index (χ2n) is 3.87. The third-order valence-corrected chi connectivity index (χ3v) is 2.35. The molecule has 1 aliphatic rings.